The molecule has 5 atom stereocenters. The first-order chi connectivity index (χ1) is 11.4. The van der Waals surface area contributed by atoms with Gasteiger partial charge in [-0.15, -0.1) is 0 Å². The number of H-pyrrole nitrogens is 1. The second-order valence-electron chi connectivity index (χ2n) is 5.53. The number of aromatic carboxylic acids is 1. The number of aliphatic hydroxyl groups is 4. The van der Waals surface area contributed by atoms with E-state index >= 15 is 0 Å². The fourth-order valence-corrected chi connectivity index (χ4v) is 2.65. The topological polar surface area (TPSA) is 152 Å². The molecule has 2 heterocycles. The predicted octanol–water partition coefficient (Wildman–Crippen LogP) is -0.955. The fraction of sp³-hybridized carbons (Fsp3) is 0.400. The van der Waals surface area contributed by atoms with Gasteiger partial charge in [0, 0.05) is 23.2 Å². The number of carboxylic acids is 1. The second-order valence-corrected chi connectivity index (χ2v) is 5.53. The summed E-state index contributed by atoms with van der Waals surface area (Å²) in [5, 5.41) is 48.1. The molecule has 0 aliphatic carbocycles. The van der Waals surface area contributed by atoms with Crippen LogP contribution >= 0.6 is 0 Å². The van der Waals surface area contributed by atoms with E-state index in [-0.39, 0.29) is 11.3 Å². The Labute approximate surface area is 135 Å². The van der Waals surface area contributed by atoms with Gasteiger partial charge >= 0.3 is 5.97 Å². The monoisotopic (exact) mass is 339 g/mol. The summed E-state index contributed by atoms with van der Waals surface area (Å²) in [6, 6.07) is 4.54. The van der Waals surface area contributed by atoms with Crippen molar-refractivity contribution in [1.29, 1.82) is 0 Å². The van der Waals surface area contributed by atoms with Gasteiger partial charge in [-0.25, -0.2) is 4.79 Å². The van der Waals surface area contributed by atoms with Gasteiger partial charge < -0.3 is 40.0 Å². The van der Waals surface area contributed by atoms with Crippen molar-refractivity contribution in [2.24, 2.45) is 0 Å². The van der Waals surface area contributed by atoms with Crippen LogP contribution in [0.5, 0.6) is 5.75 Å². The van der Waals surface area contributed by atoms with Crippen LogP contribution in [0.4, 0.5) is 0 Å². The number of aromatic nitrogens is 1. The van der Waals surface area contributed by atoms with Gasteiger partial charge in [0.15, 0.2) is 0 Å². The molecule has 0 unspecified atom stereocenters. The van der Waals surface area contributed by atoms with E-state index in [2.05, 4.69) is 4.98 Å². The number of aliphatic hydroxyl groups excluding tert-OH is 4. The lowest BCUT2D eigenvalue weighted by atomic mass is 9.99. The largest absolute Gasteiger partial charge is 0.478 e. The summed E-state index contributed by atoms with van der Waals surface area (Å²) in [7, 11) is 0. The number of hydrogen-bond acceptors (Lipinski definition) is 7. The summed E-state index contributed by atoms with van der Waals surface area (Å²) in [5.74, 6) is -0.811. The third-order valence-electron chi connectivity index (χ3n) is 3.98. The molecule has 24 heavy (non-hydrogen) atoms. The number of benzene rings is 1. The number of nitrogens with one attached hydrogen (secondary N) is 1. The van der Waals surface area contributed by atoms with Crippen molar-refractivity contribution in [1.82, 2.24) is 4.98 Å². The molecule has 0 radical (unpaired) electrons. The number of carbonyl (C=O) groups is 1. The minimum Gasteiger partial charge on any atom is -0.478 e. The molecule has 1 aromatic heterocycles. The Bertz CT molecular complexity index is 742. The SMILES string of the molecule is O=C(O)c1c[nH]c2cc(O[C@@H]3O[C@H](CO)[C@H](O)[C@H](O)[C@@H]3O)ccc12. The summed E-state index contributed by atoms with van der Waals surface area (Å²) in [6.45, 7) is -0.553. The molecule has 2 aromatic rings. The van der Waals surface area contributed by atoms with Crippen molar-refractivity contribution in [3.05, 3.63) is 30.0 Å². The maximum Gasteiger partial charge on any atom is 0.337 e. The molecule has 0 spiro atoms. The highest BCUT2D eigenvalue weighted by Crippen LogP contribution is 2.27. The van der Waals surface area contributed by atoms with E-state index in [1.807, 2.05) is 0 Å². The van der Waals surface area contributed by atoms with Crippen LogP contribution < -0.4 is 4.74 Å². The van der Waals surface area contributed by atoms with E-state index in [0.29, 0.717) is 10.9 Å². The Morgan fingerprint density at radius 3 is 2.62 bits per heavy atom. The van der Waals surface area contributed by atoms with Gasteiger partial charge in [-0.2, -0.15) is 0 Å². The number of carboxylic acid groups (broad SMARTS) is 1. The molecule has 1 aromatic carbocycles. The zero-order chi connectivity index (χ0) is 17.4. The van der Waals surface area contributed by atoms with Gasteiger partial charge in [-0.05, 0) is 12.1 Å². The zero-order valence-electron chi connectivity index (χ0n) is 12.4. The van der Waals surface area contributed by atoms with Crippen LogP contribution in [0.1, 0.15) is 10.4 Å². The molecular formula is C15H17NO8. The van der Waals surface area contributed by atoms with E-state index in [1.165, 1.54) is 24.4 Å². The normalized spacial score (nSPS) is 30.4. The Kier molecular flexibility index (Phi) is 4.43. The average molecular weight is 339 g/mol. The molecule has 9 heteroatoms. The number of rotatable bonds is 4. The van der Waals surface area contributed by atoms with E-state index in [4.69, 9.17) is 19.7 Å². The Morgan fingerprint density at radius 1 is 1.21 bits per heavy atom. The first-order valence-electron chi connectivity index (χ1n) is 7.24. The molecule has 1 aliphatic heterocycles. The van der Waals surface area contributed by atoms with Crippen molar-refractivity contribution in [3.63, 3.8) is 0 Å². The minimum absolute atomic E-state index is 0.115. The third kappa shape index (κ3) is 2.83. The lowest BCUT2D eigenvalue weighted by Crippen LogP contribution is -2.60. The molecule has 130 valence electrons. The van der Waals surface area contributed by atoms with Gasteiger partial charge in [-0.3, -0.25) is 0 Å². The summed E-state index contributed by atoms with van der Waals surface area (Å²) < 4.78 is 10.7. The minimum atomic E-state index is -1.53. The fourth-order valence-electron chi connectivity index (χ4n) is 2.65. The summed E-state index contributed by atoms with van der Waals surface area (Å²) in [5.41, 5.74) is 0.624. The number of aromatic amines is 1. The molecule has 3 rings (SSSR count). The molecule has 1 aliphatic rings. The van der Waals surface area contributed by atoms with Crippen LogP contribution in [-0.2, 0) is 4.74 Å². The quantitative estimate of drug-likeness (QED) is 0.417. The van der Waals surface area contributed by atoms with E-state index < -0.39 is 43.3 Å². The molecule has 0 saturated carbocycles. The maximum atomic E-state index is 11.1. The van der Waals surface area contributed by atoms with E-state index in [1.54, 1.807) is 0 Å². The van der Waals surface area contributed by atoms with Crippen LogP contribution in [0, 0.1) is 0 Å². The lowest BCUT2D eigenvalue weighted by Gasteiger charge is -2.39. The van der Waals surface area contributed by atoms with Gasteiger partial charge in [0.25, 0.3) is 0 Å². The predicted molar refractivity (Wildman–Crippen MR) is 79.7 cm³/mol. The van der Waals surface area contributed by atoms with E-state index in [0.717, 1.165) is 0 Å². The van der Waals surface area contributed by atoms with Gasteiger partial charge in [0.2, 0.25) is 6.29 Å². The first kappa shape index (κ1) is 16.7. The van der Waals surface area contributed by atoms with Crippen LogP contribution in [0.15, 0.2) is 24.4 Å². The maximum absolute atomic E-state index is 11.1. The lowest BCUT2D eigenvalue weighted by molar-refractivity contribution is -0.277. The van der Waals surface area contributed by atoms with E-state index in [9.17, 15) is 20.1 Å². The molecule has 0 bridgehead atoms. The average Bonchev–Trinajstić information content (AvgIpc) is 2.98. The summed E-state index contributed by atoms with van der Waals surface area (Å²) >= 11 is 0. The van der Waals surface area contributed by atoms with Crippen molar-refractivity contribution in [2.75, 3.05) is 6.61 Å². The smallest absolute Gasteiger partial charge is 0.337 e. The Hall–Kier alpha value is -2.17. The summed E-state index contributed by atoms with van der Waals surface area (Å²) in [6.07, 6.45) is -5.53. The summed E-state index contributed by atoms with van der Waals surface area (Å²) in [4.78, 5) is 13.9. The number of fused-ring (bicyclic) bond motifs is 1. The second kappa shape index (κ2) is 6.38. The van der Waals surface area contributed by atoms with Crippen molar-refractivity contribution in [2.45, 2.75) is 30.7 Å². The standard InChI is InChI=1S/C15H17NO8/c17-5-10-11(18)12(19)13(20)15(24-10)23-6-1-2-7-8(14(21)22)4-16-9(7)3-6/h1-4,10-13,15-20H,5H2,(H,21,22)/t10-,11+,12+,13+,15-/m1/s1. The number of ether oxygens (including phenoxy) is 2. The van der Waals surface area contributed by atoms with Gasteiger partial charge in [-0.1, -0.05) is 0 Å². The Morgan fingerprint density at radius 2 is 1.96 bits per heavy atom. The number of hydrogen-bond donors (Lipinski definition) is 6. The van der Waals surface area contributed by atoms with Gasteiger partial charge in [0.1, 0.15) is 30.2 Å². The zero-order valence-corrected chi connectivity index (χ0v) is 12.4. The van der Waals surface area contributed by atoms with Crippen molar-refractivity contribution in [3.8, 4) is 5.75 Å². The van der Waals surface area contributed by atoms with Crippen molar-refractivity contribution < 1.29 is 39.8 Å². The van der Waals surface area contributed by atoms with Crippen LogP contribution in [0.2, 0.25) is 0 Å². The molecule has 1 fully saturated rings. The van der Waals surface area contributed by atoms with Crippen molar-refractivity contribution >= 4 is 16.9 Å². The molecular weight excluding hydrogens is 322 g/mol. The first-order valence-corrected chi connectivity index (χ1v) is 7.24. The Balaban J connectivity index is 1.82. The molecule has 9 nitrogen and oxygen atoms in total. The van der Waals surface area contributed by atoms with Crippen LogP contribution in [0.3, 0.4) is 0 Å². The highest BCUT2D eigenvalue weighted by Gasteiger charge is 2.44. The highest BCUT2D eigenvalue weighted by atomic mass is 16.7. The van der Waals surface area contributed by atoms with Crippen LogP contribution in [-0.4, -0.2) is 73.8 Å². The molecule has 6 N–H and O–H groups in total. The molecule has 1 saturated heterocycles. The third-order valence-corrected chi connectivity index (χ3v) is 3.98. The van der Waals surface area contributed by atoms with Crippen LogP contribution in [0.25, 0.3) is 10.9 Å². The van der Waals surface area contributed by atoms with Gasteiger partial charge in [0.05, 0.1) is 12.2 Å². The molecule has 0 amide bonds. The highest BCUT2D eigenvalue weighted by molar-refractivity contribution is 6.03.